The molecule has 0 aliphatic carbocycles. The van der Waals surface area contributed by atoms with E-state index >= 15 is 0 Å². The Labute approximate surface area is 136 Å². The van der Waals surface area contributed by atoms with E-state index in [2.05, 4.69) is 38.6 Å². The van der Waals surface area contributed by atoms with E-state index in [1.54, 1.807) is 6.20 Å². The zero-order valence-electron chi connectivity index (χ0n) is 13.2. The predicted molar refractivity (Wildman–Crippen MR) is 89.7 cm³/mol. The van der Waals surface area contributed by atoms with Gasteiger partial charge in [-0.1, -0.05) is 12.1 Å². The summed E-state index contributed by atoms with van der Waals surface area (Å²) >= 11 is 0. The molecule has 23 heavy (non-hydrogen) atoms. The van der Waals surface area contributed by atoms with Crippen LogP contribution in [0.15, 0.2) is 36.5 Å². The fourth-order valence-electron chi connectivity index (χ4n) is 3.43. The summed E-state index contributed by atoms with van der Waals surface area (Å²) in [5.41, 5.74) is 2.68. The number of rotatable bonds is 4. The third-order valence-corrected chi connectivity index (χ3v) is 4.65. The molecular formula is C18H22N4O. The molecule has 4 rings (SSSR count). The lowest BCUT2D eigenvalue weighted by Gasteiger charge is -2.33. The average molecular weight is 310 g/mol. The summed E-state index contributed by atoms with van der Waals surface area (Å²) in [5.74, 6) is 2.04. The third kappa shape index (κ3) is 3.29. The van der Waals surface area contributed by atoms with Gasteiger partial charge in [-0.2, -0.15) is 5.10 Å². The second kappa shape index (κ2) is 6.54. The van der Waals surface area contributed by atoms with Crippen molar-refractivity contribution in [3.63, 3.8) is 0 Å². The molecule has 2 aromatic rings. The van der Waals surface area contributed by atoms with Crippen LogP contribution < -0.4 is 15.0 Å². The molecule has 2 aliphatic heterocycles. The monoisotopic (exact) mass is 310 g/mol. The van der Waals surface area contributed by atoms with Crippen LogP contribution in [0.1, 0.15) is 24.0 Å². The standard InChI is InChI=1S/C18H22N4O/c1-4-18(21-20-8-1)22-9-2-3-16(13-22)19-12-14-5-6-17-15(11-14)7-10-23-17/h1,4-6,8,11,16,19H,2-3,7,9-10,12-13H2. The molecule has 1 N–H and O–H groups in total. The smallest absolute Gasteiger partial charge is 0.151 e. The zero-order chi connectivity index (χ0) is 15.5. The molecule has 0 saturated carbocycles. The molecule has 2 aliphatic rings. The summed E-state index contributed by atoms with van der Waals surface area (Å²) in [6.45, 7) is 3.79. The van der Waals surface area contributed by atoms with Gasteiger partial charge in [0.25, 0.3) is 0 Å². The Morgan fingerprint density at radius 2 is 2.30 bits per heavy atom. The van der Waals surface area contributed by atoms with Gasteiger partial charge in [-0.3, -0.25) is 0 Å². The van der Waals surface area contributed by atoms with Gasteiger partial charge in [0.2, 0.25) is 0 Å². The quantitative estimate of drug-likeness (QED) is 0.938. The maximum absolute atomic E-state index is 5.57. The van der Waals surface area contributed by atoms with E-state index in [0.29, 0.717) is 6.04 Å². The normalized spacial score (nSPS) is 20.2. The minimum absolute atomic E-state index is 0.496. The number of hydrogen-bond donors (Lipinski definition) is 1. The fourth-order valence-corrected chi connectivity index (χ4v) is 3.43. The summed E-state index contributed by atoms with van der Waals surface area (Å²) in [4.78, 5) is 2.32. The first kappa shape index (κ1) is 14.5. The molecule has 1 atom stereocenters. The number of hydrogen-bond acceptors (Lipinski definition) is 5. The van der Waals surface area contributed by atoms with Crippen LogP contribution in [0.25, 0.3) is 0 Å². The first-order valence-corrected chi connectivity index (χ1v) is 8.39. The molecule has 1 aromatic carbocycles. The van der Waals surface area contributed by atoms with E-state index in [-0.39, 0.29) is 0 Å². The number of ether oxygens (including phenoxy) is 1. The SMILES string of the molecule is c1cnnc(N2CCCC(NCc3ccc4c(c3)CCO4)C2)c1. The van der Waals surface area contributed by atoms with Crippen molar-refractivity contribution >= 4 is 5.82 Å². The zero-order valence-corrected chi connectivity index (χ0v) is 13.2. The second-order valence-electron chi connectivity index (χ2n) is 6.29. The van der Waals surface area contributed by atoms with Crippen molar-refractivity contribution in [3.8, 4) is 5.75 Å². The van der Waals surface area contributed by atoms with Crippen LogP contribution >= 0.6 is 0 Å². The average Bonchev–Trinajstić information content (AvgIpc) is 3.09. The highest BCUT2D eigenvalue weighted by molar-refractivity contribution is 5.40. The lowest BCUT2D eigenvalue weighted by molar-refractivity contribution is 0.356. The summed E-state index contributed by atoms with van der Waals surface area (Å²) in [7, 11) is 0. The number of anilines is 1. The van der Waals surface area contributed by atoms with E-state index in [4.69, 9.17) is 4.74 Å². The van der Waals surface area contributed by atoms with Crippen molar-refractivity contribution in [1.29, 1.82) is 0 Å². The van der Waals surface area contributed by atoms with Gasteiger partial charge in [0.15, 0.2) is 5.82 Å². The van der Waals surface area contributed by atoms with Crippen LogP contribution in [0.3, 0.4) is 0 Å². The molecule has 0 spiro atoms. The van der Waals surface area contributed by atoms with Gasteiger partial charge < -0.3 is 15.0 Å². The first-order valence-electron chi connectivity index (χ1n) is 8.39. The minimum Gasteiger partial charge on any atom is -0.493 e. The summed E-state index contributed by atoms with van der Waals surface area (Å²) in [6, 6.07) is 11.0. The highest BCUT2D eigenvalue weighted by Crippen LogP contribution is 2.26. The Kier molecular flexibility index (Phi) is 4.11. The summed E-state index contributed by atoms with van der Waals surface area (Å²) in [6.07, 6.45) is 5.16. The molecule has 1 fully saturated rings. The van der Waals surface area contributed by atoms with E-state index in [1.807, 2.05) is 12.1 Å². The molecule has 1 saturated heterocycles. The number of aromatic nitrogens is 2. The number of nitrogens with one attached hydrogen (secondary N) is 1. The molecule has 5 nitrogen and oxygen atoms in total. The van der Waals surface area contributed by atoms with Crippen LogP contribution in [0.4, 0.5) is 5.82 Å². The molecule has 120 valence electrons. The van der Waals surface area contributed by atoms with Crippen molar-refractivity contribution in [1.82, 2.24) is 15.5 Å². The molecule has 0 bridgehead atoms. The maximum atomic E-state index is 5.57. The van der Waals surface area contributed by atoms with Crippen LogP contribution in [0.2, 0.25) is 0 Å². The number of nitrogens with zero attached hydrogens (tertiary/aromatic N) is 3. The molecule has 1 unspecified atom stereocenters. The van der Waals surface area contributed by atoms with E-state index in [9.17, 15) is 0 Å². The summed E-state index contributed by atoms with van der Waals surface area (Å²) < 4.78 is 5.57. The fraction of sp³-hybridized carbons (Fsp3) is 0.444. The number of benzene rings is 1. The van der Waals surface area contributed by atoms with Gasteiger partial charge in [-0.05, 0) is 42.2 Å². The minimum atomic E-state index is 0.496. The predicted octanol–water partition coefficient (Wildman–Crippen LogP) is 2.17. The first-order chi connectivity index (χ1) is 11.4. The Hall–Kier alpha value is -2.14. The Balaban J connectivity index is 1.35. The van der Waals surface area contributed by atoms with Gasteiger partial charge in [0, 0.05) is 38.3 Å². The van der Waals surface area contributed by atoms with E-state index in [0.717, 1.165) is 44.2 Å². The van der Waals surface area contributed by atoms with Gasteiger partial charge in [-0.15, -0.1) is 5.10 Å². The van der Waals surface area contributed by atoms with Crippen LogP contribution in [0, 0.1) is 0 Å². The molecule has 1 aromatic heterocycles. The Bertz CT molecular complexity index is 661. The van der Waals surface area contributed by atoms with Crippen molar-refractivity contribution < 1.29 is 4.74 Å². The number of fused-ring (bicyclic) bond motifs is 1. The van der Waals surface area contributed by atoms with Gasteiger partial charge in [0.1, 0.15) is 5.75 Å². The van der Waals surface area contributed by atoms with Crippen LogP contribution in [-0.2, 0) is 13.0 Å². The Morgan fingerprint density at radius 1 is 1.30 bits per heavy atom. The molecule has 5 heteroatoms. The molecule has 0 radical (unpaired) electrons. The van der Waals surface area contributed by atoms with Crippen molar-refractivity contribution in [2.24, 2.45) is 0 Å². The largest absolute Gasteiger partial charge is 0.493 e. The van der Waals surface area contributed by atoms with E-state index in [1.165, 1.54) is 24.0 Å². The lowest BCUT2D eigenvalue weighted by atomic mass is 10.0. The number of piperidine rings is 1. The van der Waals surface area contributed by atoms with E-state index < -0.39 is 0 Å². The molecule has 3 heterocycles. The van der Waals surface area contributed by atoms with Gasteiger partial charge in [0.05, 0.1) is 6.61 Å². The van der Waals surface area contributed by atoms with Gasteiger partial charge in [-0.25, -0.2) is 0 Å². The topological polar surface area (TPSA) is 50.3 Å². The maximum Gasteiger partial charge on any atom is 0.151 e. The highest BCUT2D eigenvalue weighted by atomic mass is 16.5. The van der Waals surface area contributed by atoms with Crippen LogP contribution in [0.5, 0.6) is 5.75 Å². The van der Waals surface area contributed by atoms with Crippen LogP contribution in [-0.4, -0.2) is 35.9 Å². The van der Waals surface area contributed by atoms with Crippen molar-refractivity contribution in [3.05, 3.63) is 47.7 Å². The summed E-state index contributed by atoms with van der Waals surface area (Å²) in [5, 5.41) is 11.9. The van der Waals surface area contributed by atoms with Gasteiger partial charge >= 0.3 is 0 Å². The molecule has 0 amide bonds. The lowest BCUT2D eigenvalue weighted by Crippen LogP contribution is -2.45. The van der Waals surface area contributed by atoms with Crippen molar-refractivity contribution in [2.45, 2.75) is 31.8 Å². The second-order valence-corrected chi connectivity index (χ2v) is 6.29. The molecular weight excluding hydrogens is 288 g/mol. The highest BCUT2D eigenvalue weighted by Gasteiger charge is 2.21. The Morgan fingerprint density at radius 3 is 3.22 bits per heavy atom. The third-order valence-electron chi connectivity index (χ3n) is 4.65. The van der Waals surface area contributed by atoms with Crippen molar-refractivity contribution in [2.75, 3.05) is 24.6 Å².